The molecular formula is C23H22N3OPS. The summed E-state index contributed by atoms with van der Waals surface area (Å²) in [6.45, 7) is 0. The van der Waals surface area contributed by atoms with Gasteiger partial charge in [-0.25, -0.2) is 5.09 Å². The number of pyridine rings is 1. The number of nitrogens with two attached hydrogens (primary N) is 1. The van der Waals surface area contributed by atoms with Crippen LogP contribution in [0.2, 0.25) is 0 Å². The second-order valence-electron chi connectivity index (χ2n) is 6.68. The van der Waals surface area contributed by atoms with Gasteiger partial charge in [-0.1, -0.05) is 48.5 Å². The molecule has 2 aromatic carbocycles. The number of rotatable bonds is 7. The largest absolute Gasteiger partial charge is 0.321 e. The Hall–Kier alpha value is -2.56. The summed E-state index contributed by atoms with van der Waals surface area (Å²) in [5.41, 5.74) is 7.41. The second-order valence-corrected chi connectivity index (χ2v) is 10.2. The lowest BCUT2D eigenvalue weighted by molar-refractivity contribution is 0.509. The Balaban J connectivity index is 1.80. The zero-order chi connectivity index (χ0) is 20.1. The van der Waals surface area contributed by atoms with Crippen molar-refractivity contribution >= 4 is 29.2 Å². The third-order valence-corrected chi connectivity index (χ3v) is 8.45. The molecule has 0 aliphatic rings. The lowest BCUT2D eigenvalue weighted by Crippen LogP contribution is -2.36. The van der Waals surface area contributed by atoms with Crippen LogP contribution in [0.1, 0.15) is 22.7 Å². The fourth-order valence-corrected chi connectivity index (χ4v) is 6.69. The smallest absolute Gasteiger partial charge is 0.205 e. The maximum absolute atomic E-state index is 14.5. The summed E-state index contributed by atoms with van der Waals surface area (Å²) in [6.07, 6.45) is 1.73. The van der Waals surface area contributed by atoms with E-state index in [1.54, 1.807) is 17.5 Å². The van der Waals surface area contributed by atoms with E-state index in [2.05, 4.69) is 10.1 Å². The maximum atomic E-state index is 14.5. The Morgan fingerprint density at radius 2 is 1.45 bits per heavy atom. The van der Waals surface area contributed by atoms with Crippen molar-refractivity contribution in [2.24, 2.45) is 5.73 Å². The topological polar surface area (TPSA) is 68.0 Å². The van der Waals surface area contributed by atoms with Gasteiger partial charge in [-0.3, -0.25) is 9.55 Å². The minimum atomic E-state index is -3.15. The van der Waals surface area contributed by atoms with Crippen LogP contribution in [0, 0.1) is 0 Å². The van der Waals surface area contributed by atoms with Crippen molar-refractivity contribution in [1.29, 1.82) is 0 Å². The molecule has 6 heteroatoms. The molecule has 4 nitrogen and oxygen atoms in total. The van der Waals surface area contributed by atoms with Crippen molar-refractivity contribution in [2.45, 2.75) is 12.1 Å². The summed E-state index contributed by atoms with van der Waals surface area (Å²) < 4.78 is 14.5. The third kappa shape index (κ3) is 4.24. The normalized spacial score (nSPS) is 13.7. The van der Waals surface area contributed by atoms with E-state index in [9.17, 15) is 4.57 Å². The summed E-state index contributed by atoms with van der Waals surface area (Å²) >= 11 is 1.59. The SMILES string of the molecule is NC(c1ccccn1)C(NP(=O)(c1ccccc1)c1ccccc1)c1cccs1. The molecular weight excluding hydrogens is 397 g/mol. The Bertz CT molecular complexity index is 1030. The molecule has 0 spiro atoms. The van der Waals surface area contributed by atoms with Crippen LogP contribution in [0.15, 0.2) is 103 Å². The first-order valence-corrected chi connectivity index (χ1v) is 12.0. The lowest BCUT2D eigenvalue weighted by atomic mass is 10.0. The molecule has 2 unspecified atom stereocenters. The molecule has 0 aliphatic heterocycles. The van der Waals surface area contributed by atoms with Gasteiger partial charge in [0.15, 0.2) is 0 Å². The van der Waals surface area contributed by atoms with Crippen LogP contribution < -0.4 is 21.4 Å². The molecule has 3 N–H and O–H groups in total. The van der Waals surface area contributed by atoms with Gasteiger partial charge in [-0.05, 0) is 47.8 Å². The number of hydrogen-bond acceptors (Lipinski definition) is 4. The van der Waals surface area contributed by atoms with E-state index in [1.165, 1.54) is 0 Å². The van der Waals surface area contributed by atoms with E-state index in [4.69, 9.17) is 5.73 Å². The summed E-state index contributed by atoms with van der Waals surface area (Å²) in [7, 11) is -3.15. The average molecular weight is 419 g/mol. The van der Waals surface area contributed by atoms with Crippen molar-refractivity contribution < 1.29 is 4.57 Å². The van der Waals surface area contributed by atoms with Crippen LogP contribution in [0.3, 0.4) is 0 Å². The molecule has 0 saturated carbocycles. The highest BCUT2D eigenvalue weighted by atomic mass is 32.1. The highest BCUT2D eigenvalue weighted by Gasteiger charge is 2.34. The molecule has 4 aromatic rings. The van der Waals surface area contributed by atoms with Crippen LogP contribution in [0.5, 0.6) is 0 Å². The first kappa shape index (κ1) is 19.7. The van der Waals surface area contributed by atoms with E-state index < -0.39 is 13.3 Å². The number of aromatic nitrogens is 1. The number of benzene rings is 2. The van der Waals surface area contributed by atoms with Crippen LogP contribution >= 0.6 is 18.6 Å². The molecule has 0 amide bonds. The Kier molecular flexibility index (Phi) is 6.02. The minimum absolute atomic E-state index is 0.351. The Labute approximate surface area is 174 Å². The summed E-state index contributed by atoms with van der Waals surface area (Å²) in [4.78, 5) is 5.46. The predicted molar refractivity (Wildman–Crippen MR) is 121 cm³/mol. The minimum Gasteiger partial charge on any atom is -0.321 e. The van der Waals surface area contributed by atoms with Gasteiger partial charge in [0.2, 0.25) is 7.29 Å². The standard InChI is InChI=1S/C23H22N3OPS/c24-22(20-14-7-8-16-25-20)23(21-15-9-17-29-21)26-28(27,18-10-3-1-4-11-18)19-12-5-2-6-13-19/h1-17,22-23H,24H2,(H,26,27). The Morgan fingerprint density at radius 3 is 1.97 bits per heavy atom. The molecule has 2 atom stereocenters. The van der Waals surface area contributed by atoms with Gasteiger partial charge in [0.05, 0.1) is 17.8 Å². The number of thiophene rings is 1. The van der Waals surface area contributed by atoms with Gasteiger partial charge < -0.3 is 5.73 Å². The molecule has 2 aromatic heterocycles. The molecule has 0 saturated heterocycles. The molecule has 146 valence electrons. The van der Waals surface area contributed by atoms with Gasteiger partial charge >= 0.3 is 0 Å². The lowest BCUT2D eigenvalue weighted by Gasteiger charge is -2.30. The molecule has 4 rings (SSSR count). The van der Waals surface area contributed by atoms with Gasteiger partial charge in [0.1, 0.15) is 0 Å². The first-order chi connectivity index (χ1) is 14.2. The van der Waals surface area contributed by atoms with E-state index in [1.807, 2.05) is 96.4 Å². The zero-order valence-corrected chi connectivity index (χ0v) is 17.5. The van der Waals surface area contributed by atoms with Gasteiger partial charge in [0, 0.05) is 21.7 Å². The summed E-state index contributed by atoms with van der Waals surface area (Å²) in [5, 5.41) is 6.97. The highest BCUT2D eigenvalue weighted by Crippen LogP contribution is 2.44. The van der Waals surface area contributed by atoms with E-state index in [-0.39, 0.29) is 6.04 Å². The number of hydrogen-bond donors (Lipinski definition) is 2. The van der Waals surface area contributed by atoms with Gasteiger partial charge in [-0.2, -0.15) is 0 Å². The average Bonchev–Trinajstić information content (AvgIpc) is 3.33. The van der Waals surface area contributed by atoms with Crippen molar-refractivity contribution in [1.82, 2.24) is 10.1 Å². The monoisotopic (exact) mass is 419 g/mol. The molecule has 0 fully saturated rings. The van der Waals surface area contributed by atoms with E-state index in [0.29, 0.717) is 0 Å². The predicted octanol–water partition coefficient (Wildman–Crippen LogP) is 4.40. The number of nitrogens with one attached hydrogen (secondary N) is 1. The molecule has 0 aliphatic carbocycles. The van der Waals surface area contributed by atoms with Crippen molar-refractivity contribution in [3.8, 4) is 0 Å². The Morgan fingerprint density at radius 1 is 0.828 bits per heavy atom. The first-order valence-electron chi connectivity index (χ1n) is 9.37. The molecule has 29 heavy (non-hydrogen) atoms. The second kappa shape index (κ2) is 8.85. The van der Waals surface area contributed by atoms with Gasteiger partial charge in [0.25, 0.3) is 0 Å². The van der Waals surface area contributed by atoms with Crippen LogP contribution in [-0.2, 0) is 4.57 Å². The van der Waals surface area contributed by atoms with Crippen molar-refractivity contribution in [3.05, 3.63) is 113 Å². The van der Waals surface area contributed by atoms with Gasteiger partial charge in [-0.15, -0.1) is 11.3 Å². The van der Waals surface area contributed by atoms with Crippen molar-refractivity contribution in [2.75, 3.05) is 0 Å². The summed E-state index contributed by atoms with van der Waals surface area (Å²) in [6, 6.07) is 28.0. The fourth-order valence-electron chi connectivity index (χ4n) is 3.30. The van der Waals surface area contributed by atoms with Crippen LogP contribution in [-0.4, -0.2) is 4.98 Å². The van der Waals surface area contributed by atoms with Crippen molar-refractivity contribution in [3.63, 3.8) is 0 Å². The molecule has 0 bridgehead atoms. The summed E-state index contributed by atoms with van der Waals surface area (Å²) in [5.74, 6) is 0. The van der Waals surface area contributed by atoms with Crippen LogP contribution in [0.25, 0.3) is 0 Å². The van der Waals surface area contributed by atoms with Crippen LogP contribution in [0.4, 0.5) is 0 Å². The van der Waals surface area contributed by atoms with E-state index in [0.717, 1.165) is 21.2 Å². The maximum Gasteiger partial charge on any atom is 0.205 e. The highest BCUT2D eigenvalue weighted by molar-refractivity contribution is 7.76. The quantitative estimate of drug-likeness (QED) is 0.436. The van der Waals surface area contributed by atoms with E-state index >= 15 is 0 Å². The molecule has 0 radical (unpaired) electrons. The third-order valence-electron chi connectivity index (χ3n) is 4.80. The fraction of sp³-hybridized carbons (Fsp3) is 0.0870. The molecule has 2 heterocycles. The number of nitrogens with zero attached hydrogens (tertiary/aromatic N) is 1. The zero-order valence-electron chi connectivity index (χ0n) is 15.8.